The van der Waals surface area contributed by atoms with Gasteiger partial charge in [-0.2, -0.15) is 0 Å². The summed E-state index contributed by atoms with van der Waals surface area (Å²) in [6, 6.07) is 3.96. The Kier molecular flexibility index (Phi) is 8.10. The van der Waals surface area contributed by atoms with Crippen LogP contribution in [0.15, 0.2) is 29.4 Å². The van der Waals surface area contributed by atoms with Crippen LogP contribution >= 0.6 is 11.8 Å². The van der Waals surface area contributed by atoms with Crippen molar-refractivity contribution in [3.8, 4) is 0 Å². The third-order valence-corrected chi connectivity index (χ3v) is 6.28. The molecule has 0 spiro atoms. The fraction of sp³-hybridized carbons (Fsp3) is 0.571. The molecule has 1 saturated heterocycles. The Hall–Kier alpha value is -3.11. The average molecular weight is 478 g/mol. The lowest BCUT2D eigenvalue weighted by molar-refractivity contribution is -0.384. The normalized spacial score (nSPS) is 16.9. The molecule has 0 aromatic heterocycles. The number of β-lactam (4-membered cyclic amide) rings is 1. The van der Waals surface area contributed by atoms with E-state index in [9.17, 15) is 24.5 Å². The van der Waals surface area contributed by atoms with Crippen LogP contribution in [-0.2, 0) is 25.7 Å². The van der Waals surface area contributed by atoms with Crippen molar-refractivity contribution in [3.63, 3.8) is 0 Å². The van der Waals surface area contributed by atoms with E-state index >= 15 is 0 Å². The Morgan fingerprint density at radius 3 is 2.39 bits per heavy atom. The molecule has 2 atom stereocenters. The maximum absolute atomic E-state index is 13.4. The minimum absolute atomic E-state index is 0.105. The third kappa shape index (κ3) is 6.69. The van der Waals surface area contributed by atoms with E-state index in [-0.39, 0.29) is 41.3 Å². The lowest BCUT2D eigenvalue weighted by Gasteiger charge is -2.46. The van der Waals surface area contributed by atoms with Crippen LogP contribution in [-0.4, -0.2) is 50.2 Å². The van der Waals surface area contributed by atoms with Gasteiger partial charge in [-0.15, -0.1) is 11.8 Å². The summed E-state index contributed by atoms with van der Waals surface area (Å²) in [6.07, 6.45) is 0.193. The predicted octanol–water partition coefficient (Wildman–Crippen LogP) is 4.00. The number of non-ortho nitro benzene ring substituents is 1. The van der Waals surface area contributed by atoms with Gasteiger partial charge in [-0.1, -0.05) is 39.7 Å². The minimum atomic E-state index is -1.49. The van der Waals surface area contributed by atoms with Crippen LogP contribution in [0.3, 0.4) is 0 Å². The van der Waals surface area contributed by atoms with E-state index in [1.165, 1.54) is 54.8 Å². The number of benzene rings is 1. The molecule has 0 aliphatic carbocycles. The molecule has 1 aromatic rings. The van der Waals surface area contributed by atoms with E-state index in [0.717, 1.165) is 0 Å². The Labute approximate surface area is 195 Å². The van der Waals surface area contributed by atoms with Gasteiger partial charge in [-0.25, -0.2) is 4.79 Å². The Bertz CT molecular complexity index is 982. The van der Waals surface area contributed by atoms with Gasteiger partial charge in [0.2, 0.25) is 5.91 Å². The molecule has 2 rings (SSSR count). The van der Waals surface area contributed by atoms with Gasteiger partial charge in [0.15, 0.2) is 11.8 Å². The highest BCUT2D eigenvalue weighted by molar-refractivity contribution is 8.01. The lowest BCUT2D eigenvalue weighted by Crippen LogP contribution is -2.64. The van der Waals surface area contributed by atoms with Gasteiger partial charge in [0.1, 0.15) is 6.61 Å². The summed E-state index contributed by atoms with van der Waals surface area (Å²) in [4.78, 5) is 53.1. The molecule has 1 fully saturated rings. The molecule has 1 aromatic carbocycles. The second kappa shape index (κ2) is 10.2. The molecule has 178 valence electrons. The van der Waals surface area contributed by atoms with Gasteiger partial charge in [-0.05, 0) is 23.2 Å². The maximum atomic E-state index is 13.4. The summed E-state index contributed by atoms with van der Waals surface area (Å²) in [6.45, 7) is 8.56. The van der Waals surface area contributed by atoms with E-state index in [0.29, 0.717) is 5.56 Å². The molecule has 11 nitrogen and oxygen atoms in total. The van der Waals surface area contributed by atoms with Gasteiger partial charge in [0, 0.05) is 33.8 Å². The first-order valence-corrected chi connectivity index (χ1v) is 11.1. The Morgan fingerprint density at radius 2 is 1.91 bits per heavy atom. The molecule has 1 aliphatic heterocycles. The highest BCUT2D eigenvalue weighted by Gasteiger charge is 2.51. The number of azide groups is 1. The zero-order valence-corrected chi connectivity index (χ0v) is 20.0. The minimum Gasteiger partial charge on any atom is -0.459 e. The first kappa shape index (κ1) is 26.1. The summed E-state index contributed by atoms with van der Waals surface area (Å²) in [7, 11) is 0. The van der Waals surface area contributed by atoms with Crippen molar-refractivity contribution in [2.45, 2.75) is 63.8 Å². The van der Waals surface area contributed by atoms with Crippen molar-refractivity contribution in [1.82, 2.24) is 4.90 Å². The van der Waals surface area contributed by atoms with Crippen LogP contribution < -0.4 is 0 Å². The molecule has 2 unspecified atom stereocenters. The SMILES string of the molecule is CC(C)(C)SC1CC(=O)N1C(C(=O)OCc1ccc([N+](=O)[O-])cc1)C(=O)C(C)(C)CN=[N+]=[N-]. The highest BCUT2D eigenvalue weighted by Crippen LogP contribution is 2.40. The number of rotatable bonds is 10. The lowest BCUT2D eigenvalue weighted by atomic mass is 9.83. The number of Topliss-reactive ketones (excluding diaryl/α,β-unsaturated/α-hetero) is 1. The van der Waals surface area contributed by atoms with Crippen molar-refractivity contribution in [3.05, 3.63) is 50.4 Å². The van der Waals surface area contributed by atoms with Gasteiger partial charge in [0.25, 0.3) is 5.69 Å². The Balaban J connectivity index is 2.28. The number of nitrogens with zero attached hydrogens (tertiary/aromatic N) is 5. The smallest absolute Gasteiger partial charge is 0.337 e. The van der Waals surface area contributed by atoms with Crippen molar-refractivity contribution in [2.24, 2.45) is 10.5 Å². The molecule has 12 heteroatoms. The maximum Gasteiger partial charge on any atom is 0.337 e. The summed E-state index contributed by atoms with van der Waals surface area (Å²) < 4.78 is 5.14. The molecule has 1 aliphatic rings. The largest absolute Gasteiger partial charge is 0.459 e. The fourth-order valence-corrected chi connectivity index (χ4v) is 4.56. The van der Waals surface area contributed by atoms with E-state index in [1.54, 1.807) is 0 Å². The molecule has 33 heavy (non-hydrogen) atoms. The second-order valence-electron chi connectivity index (χ2n) is 9.26. The van der Waals surface area contributed by atoms with Crippen molar-refractivity contribution in [1.29, 1.82) is 0 Å². The van der Waals surface area contributed by atoms with Crippen LogP contribution in [0.2, 0.25) is 0 Å². The van der Waals surface area contributed by atoms with Gasteiger partial charge in [-0.3, -0.25) is 19.7 Å². The first-order chi connectivity index (χ1) is 15.3. The van der Waals surface area contributed by atoms with Crippen LogP contribution in [0.5, 0.6) is 0 Å². The zero-order chi connectivity index (χ0) is 25.0. The predicted molar refractivity (Wildman–Crippen MR) is 122 cm³/mol. The number of likely N-dealkylation sites (tertiary alicyclic amines) is 1. The summed E-state index contributed by atoms with van der Waals surface area (Å²) in [5.41, 5.74) is 7.82. The molecule has 1 heterocycles. The van der Waals surface area contributed by atoms with Crippen LogP contribution in [0.25, 0.3) is 10.4 Å². The number of amides is 1. The number of carbonyl (C=O) groups excluding carboxylic acids is 3. The number of nitro benzene ring substituents is 1. The molecule has 1 amide bonds. The fourth-order valence-electron chi connectivity index (χ4n) is 3.17. The monoisotopic (exact) mass is 477 g/mol. The topological polar surface area (TPSA) is 156 Å². The molecule has 0 saturated carbocycles. The number of ether oxygens (including phenoxy) is 1. The number of thioether (sulfide) groups is 1. The quantitative estimate of drug-likeness (QED) is 0.0720. The highest BCUT2D eigenvalue weighted by atomic mass is 32.2. The van der Waals surface area contributed by atoms with Crippen molar-refractivity contribution in [2.75, 3.05) is 6.54 Å². The van der Waals surface area contributed by atoms with Gasteiger partial charge >= 0.3 is 5.97 Å². The summed E-state index contributed by atoms with van der Waals surface area (Å²) in [5, 5.41) is 13.9. The van der Waals surface area contributed by atoms with Crippen LogP contribution in [0, 0.1) is 15.5 Å². The van der Waals surface area contributed by atoms with Gasteiger partial charge in [0.05, 0.1) is 16.7 Å². The average Bonchev–Trinajstić information content (AvgIpc) is 2.72. The van der Waals surface area contributed by atoms with Crippen LogP contribution in [0.1, 0.15) is 46.6 Å². The second-order valence-corrected chi connectivity index (χ2v) is 11.3. The number of hydrogen-bond acceptors (Lipinski definition) is 8. The molecular formula is C21H27N5O6S. The number of hydrogen-bond donors (Lipinski definition) is 0. The van der Waals surface area contributed by atoms with Crippen molar-refractivity contribution >= 4 is 35.1 Å². The third-order valence-electron chi connectivity index (χ3n) is 4.91. The summed E-state index contributed by atoms with van der Waals surface area (Å²) >= 11 is 1.47. The zero-order valence-electron chi connectivity index (χ0n) is 19.2. The molecule has 0 bridgehead atoms. The molecule has 0 radical (unpaired) electrons. The van der Waals surface area contributed by atoms with Gasteiger partial charge < -0.3 is 9.64 Å². The molecule has 0 N–H and O–H groups in total. The first-order valence-electron chi connectivity index (χ1n) is 10.2. The number of carbonyl (C=O) groups is 3. The number of esters is 1. The Morgan fingerprint density at radius 1 is 1.30 bits per heavy atom. The van der Waals surface area contributed by atoms with E-state index in [1.807, 2.05) is 20.8 Å². The van der Waals surface area contributed by atoms with Crippen LogP contribution in [0.4, 0.5) is 5.69 Å². The van der Waals surface area contributed by atoms with E-state index < -0.39 is 28.1 Å². The number of ketones is 1. The van der Waals surface area contributed by atoms with E-state index in [4.69, 9.17) is 10.3 Å². The number of nitro groups is 1. The summed E-state index contributed by atoms with van der Waals surface area (Å²) in [5.74, 6) is -1.84. The standard InChI is InChI=1S/C21H27N5O6S/c1-20(2,3)33-16-10-15(27)25(16)17(18(28)21(4,5)12-23-24-22)19(29)32-11-13-6-8-14(9-7-13)26(30)31/h6-9,16-17H,10-12H2,1-5H3. The molecular weight excluding hydrogens is 450 g/mol. The van der Waals surface area contributed by atoms with E-state index in [2.05, 4.69) is 10.0 Å². The van der Waals surface area contributed by atoms with Crippen molar-refractivity contribution < 1.29 is 24.0 Å².